The van der Waals surface area contributed by atoms with Crippen molar-refractivity contribution in [2.24, 2.45) is 0 Å². The zero-order valence-electron chi connectivity index (χ0n) is 12.1. The van der Waals surface area contributed by atoms with Gasteiger partial charge in [-0.3, -0.25) is 0 Å². The average Bonchev–Trinajstić information content (AvgIpc) is 2.97. The first kappa shape index (κ1) is 16.2. The van der Waals surface area contributed by atoms with Gasteiger partial charge < -0.3 is 5.11 Å². The molecule has 6 heteroatoms. The first-order valence-corrected chi connectivity index (χ1v) is 9.04. The molecular weight excluding hydrogens is 306 g/mol. The fraction of sp³-hybridized carbons (Fsp3) is 0.333. The van der Waals surface area contributed by atoms with Crippen LogP contribution in [0.25, 0.3) is 0 Å². The number of hydrogen-bond acceptors (Lipinski definition) is 4. The highest BCUT2D eigenvalue weighted by molar-refractivity contribution is 7.89. The number of hydrogen-bond donors (Lipinski definition) is 1. The second-order valence-corrected chi connectivity index (χ2v) is 7.65. The van der Waals surface area contributed by atoms with E-state index in [9.17, 15) is 13.5 Å². The molecule has 0 atom stereocenters. The largest absolute Gasteiger partial charge is 0.392 e. The van der Waals surface area contributed by atoms with Crippen LogP contribution >= 0.6 is 11.3 Å². The van der Waals surface area contributed by atoms with Crippen molar-refractivity contribution < 1.29 is 13.5 Å². The number of aliphatic hydroxyl groups is 1. The Morgan fingerprint density at radius 1 is 1.24 bits per heavy atom. The Kier molecular flexibility index (Phi) is 5.16. The Bertz CT molecular complexity index is 694. The molecule has 0 aliphatic rings. The standard InChI is InChI=1S/C15H19NO3S2/c1-3-16(10-14-7-5-9-20-14)21(18,19)15-8-4-6-13(11-17)12(15)2/h4-9,17H,3,10-11H2,1-2H3. The Labute approximate surface area is 129 Å². The Balaban J connectivity index is 2.40. The van der Waals surface area contributed by atoms with E-state index in [1.54, 1.807) is 36.5 Å². The fourth-order valence-electron chi connectivity index (χ4n) is 2.19. The fourth-order valence-corrected chi connectivity index (χ4v) is 4.69. The van der Waals surface area contributed by atoms with Crippen molar-refractivity contribution in [3.63, 3.8) is 0 Å². The van der Waals surface area contributed by atoms with E-state index in [1.165, 1.54) is 4.31 Å². The first-order chi connectivity index (χ1) is 10.0. The van der Waals surface area contributed by atoms with Crippen LogP contribution in [0.2, 0.25) is 0 Å². The van der Waals surface area contributed by atoms with Crippen molar-refractivity contribution >= 4 is 21.4 Å². The minimum Gasteiger partial charge on any atom is -0.392 e. The molecule has 2 rings (SSSR count). The highest BCUT2D eigenvalue weighted by atomic mass is 32.2. The molecule has 1 aromatic carbocycles. The average molecular weight is 325 g/mol. The molecule has 0 fully saturated rings. The minimum absolute atomic E-state index is 0.160. The second kappa shape index (κ2) is 6.70. The van der Waals surface area contributed by atoms with E-state index >= 15 is 0 Å². The summed E-state index contributed by atoms with van der Waals surface area (Å²) >= 11 is 1.54. The van der Waals surface area contributed by atoms with Crippen LogP contribution in [-0.2, 0) is 23.2 Å². The van der Waals surface area contributed by atoms with E-state index in [0.717, 1.165) is 4.88 Å². The number of benzene rings is 1. The smallest absolute Gasteiger partial charge is 0.243 e. The van der Waals surface area contributed by atoms with Crippen molar-refractivity contribution in [1.29, 1.82) is 0 Å². The summed E-state index contributed by atoms with van der Waals surface area (Å²) in [6.45, 7) is 4.18. The van der Waals surface area contributed by atoms with Gasteiger partial charge in [0.2, 0.25) is 10.0 Å². The van der Waals surface area contributed by atoms with E-state index in [2.05, 4.69) is 0 Å². The summed E-state index contributed by atoms with van der Waals surface area (Å²) < 4.78 is 27.1. The van der Waals surface area contributed by atoms with Crippen LogP contribution < -0.4 is 0 Å². The number of sulfonamides is 1. The molecule has 0 spiro atoms. The monoisotopic (exact) mass is 325 g/mol. The van der Waals surface area contributed by atoms with Gasteiger partial charge in [-0.05, 0) is 35.6 Å². The quantitative estimate of drug-likeness (QED) is 0.888. The second-order valence-electron chi connectivity index (χ2n) is 4.71. The van der Waals surface area contributed by atoms with Gasteiger partial charge >= 0.3 is 0 Å². The predicted molar refractivity (Wildman–Crippen MR) is 84.7 cm³/mol. The van der Waals surface area contributed by atoms with Crippen molar-refractivity contribution in [2.45, 2.75) is 31.9 Å². The van der Waals surface area contributed by atoms with Crippen LogP contribution in [0.4, 0.5) is 0 Å². The molecule has 0 bridgehead atoms. The van der Waals surface area contributed by atoms with E-state index in [1.807, 2.05) is 24.4 Å². The van der Waals surface area contributed by atoms with Gasteiger partial charge in [0.1, 0.15) is 0 Å². The van der Waals surface area contributed by atoms with Crippen LogP contribution in [0.15, 0.2) is 40.6 Å². The highest BCUT2D eigenvalue weighted by Crippen LogP contribution is 2.24. The molecule has 4 nitrogen and oxygen atoms in total. The summed E-state index contributed by atoms with van der Waals surface area (Å²) in [7, 11) is -3.56. The summed E-state index contributed by atoms with van der Waals surface area (Å²) in [4.78, 5) is 1.28. The lowest BCUT2D eigenvalue weighted by Crippen LogP contribution is -2.30. The molecule has 1 aromatic heterocycles. The summed E-state index contributed by atoms with van der Waals surface area (Å²) in [6.07, 6.45) is 0. The lowest BCUT2D eigenvalue weighted by Gasteiger charge is -2.21. The zero-order valence-corrected chi connectivity index (χ0v) is 13.7. The summed E-state index contributed by atoms with van der Waals surface area (Å²) in [6, 6.07) is 8.85. The summed E-state index contributed by atoms with van der Waals surface area (Å²) in [5.74, 6) is 0. The van der Waals surface area contributed by atoms with Gasteiger partial charge in [-0.15, -0.1) is 11.3 Å². The third kappa shape index (κ3) is 3.35. The molecule has 0 saturated carbocycles. The van der Waals surface area contributed by atoms with E-state index in [0.29, 0.717) is 24.2 Å². The SMILES string of the molecule is CCN(Cc1cccs1)S(=O)(=O)c1cccc(CO)c1C. The van der Waals surface area contributed by atoms with Gasteiger partial charge in [0.05, 0.1) is 11.5 Å². The highest BCUT2D eigenvalue weighted by Gasteiger charge is 2.25. The molecule has 21 heavy (non-hydrogen) atoms. The maximum absolute atomic E-state index is 12.8. The van der Waals surface area contributed by atoms with Crippen LogP contribution in [-0.4, -0.2) is 24.4 Å². The molecule has 0 radical (unpaired) electrons. The van der Waals surface area contributed by atoms with Gasteiger partial charge in [0.25, 0.3) is 0 Å². The summed E-state index contributed by atoms with van der Waals surface area (Å²) in [5, 5.41) is 11.2. The van der Waals surface area contributed by atoms with Crippen LogP contribution in [0.1, 0.15) is 22.9 Å². The Morgan fingerprint density at radius 2 is 2.00 bits per heavy atom. The molecule has 2 aromatic rings. The molecule has 0 unspecified atom stereocenters. The maximum atomic E-state index is 12.8. The van der Waals surface area contributed by atoms with Crippen molar-refractivity contribution in [3.8, 4) is 0 Å². The van der Waals surface area contributed by atoms with Gasteiger partial charge in [-0.1, -0.05) is 25.1 Å². The Morgan fingerprint density at radius 3 is 2.57 bits per heavy atom. The van der Waals surface area contributed by atoms with Crippen molar-refractivity contribution in [2.75, 3.05) is 6.54 Å². The number of aliphatic hydroxyl groups excluding tert-OH is 1. The van der Waals surface area contributed by atoms with E-state index < -0.39 is 10.0 Å². The number of nitrogens with zero attached hydrogens (tertiary/aromatic N) is 1. The van der Waals surface area contributed by atoms with E-state index in [-0.39, 0.29) is 11.5 Å². The van der Waals surface area contributed by atoms with E-state index in [4.69, 9.17) is 0 Å². The van der Waals surface area contributed by atoms with Crippen molar-refractivity contribution in [3.05, 3.63) is 51.7 Å². The van der Waals surface area contributed by atoms with Crippen LogP contribution in [0.3, 0.4) is 0 Å². The van der Waals surface area contributed by atoms with Crippen LogP contribution in [0, 0.1) is 6.92 Å². The predicted octanol–water partition coefficient (Wildman–Crippen LogP) is 2.76. The van der Waals surface area contributed by atoms with Crippen LogP contribution in [0.5, 0.6) is 0 Å². The zero-order chi connectivity index (χ0) is 15.5. The van der Waals surface area contributed by atoms with Crippen molar-refractivity contribution in [1.82, 2.24) is 4.31 Å². The van der Waals surface area contributed by atoms with Gasteiger partial charge in [0.15, 0.2) is 0 Å². The molecule has 0 saturated heterocycles. The maximum Gasteiger partial charge on any atom is 0.243 e. The lowest BCUT2D eigenvalue weighted by molar-refractivity contribution is 0.280. The van der Waals surface area contributed by atoms with Gasteiger partial charge in [-0.2, -0.15) is 4.31 Å². The number of thiophene rings is 1. The topological polar surface area (TPSA) is 57.6 Å². The molecule has 0 aliphatic heterocycles. The third-order valence-electron chi connectivity index (χ3n) is 3.45. The molecule has 0 amide bonds. The molecule has 114 valence electrons. The molecular formula is C15H19NO3S2. The summed E-state index contributed by atoms with van der Waals surface area (Å²) in [5.41, 5.74) is 1.26. The van der Waals surface area contributed by atoms with Gasteiger partial charge in [0, 0.05) is 18.0 Å². The Hall–Kier alpha value is -1.21. The minimum atomic E-state index is -3.56. The first-order valence-electron chi connectivity index (χ1n) is 6.72. The molecule has 1 N–H and O–H groups in total. The third-order valence-corrected chi connectivity index (χ3v) is 6.38. The lowest BCUT2D eigenvalue weighted by atomic mass is 10.1. The van der Waals surface area contributed by atoms with Gasteiger partial charge in [-0.25, -0.2) is 8.42 Å². The normalized spacial score (nSPS) is 12.0. The number of rotatable bonds is 6. The molecule has 0 aliphatic carbocycles. The molecule has 1 heterocycles.